The molecule has 0 amide bonds. The molecule has 0 saturated carbocycles. The third-order valence-corrected chi connectivity index (χ3v) is 5.17. The largest absolute Gasteiger partial charge is 0.360 e. The molecule has 1 atom stereocenters. The fourth-order valence-corrected chi connectivity index (χ4v) is 3.73. The number of anilines is 1. The molecule has 1 aromatic carbocycles. The number of pyridine rings is 1. The van der Waals surface area contributed by atoms with Gasteiger partial charge in [0.1, 0.15) is 23.3 Å². The molecule has 0 fully saturated rings. The molecular weight excluding hydrogens is 397 g/mol. The van der Waals surface area contributed by atoms with Crippen LogP contribution in [-0.2, 0) is 0 Å². The molecule has 5 rings (SSSR count). The highest BCUT2D eigenvalue weighted by molar-refractivity contribution is 5.82. The number of rotatable bonds is 4. The van der Waals surface area contributed by atoms with Gasteiger partial charge >= 0.3 is 0 Å². The van der Waals surface area contributed by atoms with Gasteiger partial charge in [0.2, 0.25) is 0 Å². The number of aromatic amines is 1. The quantitative estimate of drug-likeness (QED) is 0.465. The minimum absolute atomic E-state index is 0.259. The van der Waals surface area contributed by atoms with Crippen molar-refractivity contribution >= 4 is 22.6 Å². The van der Waals surface area contributed by atoms with Gasteiger partial charge in [-0.2, -0.15) is 0 Å². The topological polar surface area (TPSA) is 101 Å². The van der Waals surface area contributed by atoms with Gasteiger partial charge in [-0.3, -0.25) is 9.20 Å². The Morgan fingerprint density at radius 1 is 1.13 bits per heavy atom. The summed E-state index contributed by atoms with van der Waals surface area (Å²) in [6.07, 6.45) is 2.96. The first-order valence-electron chi connectivity index (χ1n) is 9.72. The first kappa shape index (κ1) is 18.9. The maximum absolute atomic E-state index is 14.0. The summed E-state index contributed by atoms with van der Waals surface area (Å²) in [7, 11) is 0. The first-order chi connectivity index (χ1) is 15.0. The van der Waals surface area contributed by atoms with Crippen molar-refractivity contribution in [2.24, 2.45) is 0 Å². The third kappa shape index (κ3) is 3.20. The Morgan fingerprint density at radius 3 is 2.81 bits per heavy atom. The van der Waals surface area contributed by atoms with Crippen LogP contribution in [0.5, 0.6) is 0 Å². The molecule has 0 saturated heterocycles. The second-order valence-corrected chi connectivity index (χ2v) is 7.24. The van der Waals surface area contributed by atoms with Crippen LogP contribution in [0.3, 0.4) is 0 Å². The minimum Gasteiger partial charge on any atom is -0.360 e. The van der Waals surface area contributed by atoms with Gasteiger partial charge in [-0.1, -0.05) is 18.2 Å². The standard InChI is InChI=1S/C22H18FN7O/c1-12-5-3-8-16-29-18(13(2)28-21-19-20(25-10-24-19)26-11-27-21)17(22(31)30(12)16)14-6-4-7-15(23)9-14/h3-11,13H,1-2H3,(H2,24,25,26,27,28)/t13-/m0/s1. The zero-order valence-corrected chi connectivity index (χ0v) is 16.8. The van der Waals surface area contributed by atoms with E-state index in [4.69, 9.17) is 4.98 Å². The van der Waals surface area contributed by atoms with Crippen LogP contribution in [0.25, 0.3) is 27.9 Å². The van der Waals surface area contributed by atoms with Crippen molar-refractivity contribution in [1.82, 2.24) is 29.3 Å². The van der Waals surface area contributed by atoms with E-state index in [2.05, 4.69) is 25.3 Å². The molecule has 0 aliphatic carbocycles. The Balaban J connectivity index is 1.72. The summed E-state index contributed by atoms with van der Waals surface area (Å²) in [4.78, 5) is 33.9. The molecular formula is C22H18FN7O. The van der Waals surface area contributed by atoms with Crippen molar-refractivity contribution in [1.29, 1.82) is 0 Å². The highest BCUT2D eigenvalue weighted by Gasteiger charge is 2.22. The summed E-state index contributed by atoms with van der Waals surface area (Å²) in [5, 5.41) is 3.28. The van der Waals surface area contributed by atoms with Crippen molar-refractivity contribution < 1.29 is 4.39 Å². The van der Waals surface area contributed by atoms with Gasteiger partial charge in [0.15, 0.2) is 11.5 Å². The predicted molar refractivity (Wildman–Crippen MR) is 115 cm³/mol. The fourth-order valence-electron chi connectivity index (χ4n) is 3.73. The Labute approximate surface area is 175 Å². The number of fused-ring (bicyclic) bond motifs is 2. The lowest BCUT2D eigenvalue weighted by Crippen LogP contribution is -2.24. The molecule has 4 aromatic heterocycles. The fraction of sp³-hybridized carbons (Fsp3) is 0.136. The van der Waals surface area contributed by atoms with E-state index in [-0.39, 0.29) is 5.56 Å². The van der Waals surface area contributed by atoms with Crippen LogP contribution in [0.2, 0.25) is 0 Å². The van der Waals surface area contributed by atoms with E-state index in [0.29, 0.717) is 39.4 Å². The number of nitrogens with zero attached hydrogens (tertiary/aromatic N) is 5. The SMILES string of the molecule is Cc1cccc2nc([C@H](C)Nc3ncnc4[nH]cnc34)c(-c3cccc(F)c3)c(=O)n12. The Kier molecular flexibility index (Phi) is 4.43. The van der Waals surface area contributed by atoms with E-state index in [0.717, 1.165) is 5.69 Å². The molecule has 154 valence electrons. The number of aryl methyl sites for hydroxylation is 1. The Morgan fingerprint density at radius 2 is 1.97 bits per heavy atom. The van der Waals surface area contributed by atoms with Crippen LogP contribution in [0, 0.1) is 12.7 Å². The second kappa shape index (κ2) is 7.28. The van der Waals surface area contributed by atoms with Gasteiger partial charge in [-0.15, -0.1) is 0 Å². The van der Waals surface area contributed by atoms with Crippen LogP contribution in [-0.4, -0.2) is 29.3 Å². The summed E-state index contributed by atoms with van der Waals surface area (Å²) in [6, 6.07) is 11.0. The van der Waals surface area contributed by atoms with Gasteiger partial charge in [-0.25, -0.2) is 24.3 Å². The molecule has 31 heavy (non-hydrogen) atoms. The van der Waals surface area contributed by atoms with Crippen molar-refractivity contribution in [2.45, 2.75) is 19.9 Å². The molecule has 8 nitrogen and oxygen atoms in total. The third-order valence-electron chi connectivity index (χ3n) is 5.17. The number of hydrogen-bond donors (Lipinski definition) is 2. The van der Waals surface area contributed by atoms with Gasteiger partial charge in [0, 0.05) is 5.69 Å². The maximum Gasteiger partial charge on any atom is 0.266 e. The van der Waals surface area contributed by atoms with E-state index in [1.807, 2.05) is 26.0 Å². The summed E-state index contributed by atoms with van der Waals surface area (Å²) in [5.74, 6) is 0.0857. The lowest BCUT2D eigenvalue weighted by molar-refractivity contribution is 0.628. The summed E-state index contributed by atoms with van der Waals surface area (Å²) >= 11 is 0. The van der Waals surface area contributed by atoms with Crippen molar-refractivity contribution in [3.05, 3.63) is 82.7 Å². The van der Waals surface area contributed by atoms with Crippen LogP contribution >= 0.6 is 0 Å². The highest BCUT2D eigenvalue weighted by atomic mass is 19.1. The monoisotopic (exact) mass is 415 g/mol. The van der Waals surface area contributed by atoms with Crippen LogP contribution < -0.4 is 10.9 Å². The normalized spacial score (nSPS) is 12.4. The molecule has 5 aromatic rings. The first-order valence-corrected chi connectivity index (χ1v) is 9.72. The second-order valence-electron chi connectivity index (χ2n) is 7.24. The van der Waals surface area contributed by atoms with Gasteiger partial charge in [-0.05, 0) is 43.7 Å². The molecule has 0 aliphatic heterocycles. The van der Waals surface area contributed by atoms with Crippen molar-refractivity contribution in [3.63, 3.8) is 0 Å². The molecule has 0 spiro atoms. The van der Waals surface area contributed by atoms with Crippen LogP contribution in [0.15, 0.2) is 59.9 Å². The van der Waals surface area contributed by atoms with E-state index in [9.17, 15) is 9.18 Å². The van der Waals surface area contributed by atoms with Crippen molar-refractivity contribution in [3.8, 4) is 11.1 Å². The number of aromatic nitrogens is 6. The number of halogens is 1. The smallest absolute Gasteiger partial charge is 0.266 e. The predicted octanol–water partition coefficient (Wildman–Crippen LogP) is 3.65. The van der Waals surface area contributed by atoms with E-state index >= 15 is 0 Å². The number of H-pyrrole nitrogens is 1. The van der Waals surface area contributed by atoms with Gasteiger partial charge < -0.3 is 10.3 Å². The zero-order chi connectivity index (χ0) is 21.5. The average Bonchev–Trinajstić information content (AvgIpc) is 3.23. The zero-order valence-electron chi connectivity index (χ0n) is 16.8. The molecule has 0 aliphatic rings. The molecule has 2 N–H and O–H groups in total. The number of benzene rings is 1. The minimum atomic E-state index is -0.425. The van der Waals surface area contributed by atoms with Gasteiger partial charge in [0.25, 0.3) is 5.56 Å². The van der Waals surface area contributed by atoms with E-state index < -0.39 is 11.9 Å². The molecule has 9 heteroatoms. The summed E-state index contributed by atoms with van der Waals surface area (Å²) < 4.78 is 15.6. The lowest BCUT2D eigenvalue weighted by atomic mass is 10.0. The van der Waals surface area contributed by atoms with Crippen molar-refractivity contribution in [2.75, 3.05) is 5.32 Å². The van der Waals surface area contributed by atoms with Crippen LogP contribution in [0.4, 0.5) is 10.2 Å². The highest BCUT2D eigenvalue weighted by Crippen LogP contribution is 2.28. The number of hydrogen-bond acceptors (Lipinski definition) is 6. The van der Waals surface area contributed by atoms with Crippen LogP contribution in [0.1, 0.15) is 24.4 Å². The summed E-state index contributed by atoms with van der Waals surface area (Å²) in [6.45, 7) is 3.71. The maximum atomic E-state index is 14.0. The summed E-state index contributed by atoms with van der Waals surface area (Å²) in [5.41, 5.74) is 3.46. The van der Waals surface area contributed by atoms with E-state index in [1.165, 1.54) is 29.2 Å². The molecule has 4 heterocycles. The van der Waals surface area contributed by atoms with E-state index in [1.54, 1.807) is 18.2 Å². The number of nitrogens with one attached hydrogen (secondary N) is 2. The molecule has 0 radical (unpaired) electrons. The number of imidazole rings is 1. The van der Waals surface area contributed by atoms with Gasteiger partial charge in [0.05, 0.1) is 23.6 Å². The molecule has 0 bridgehead atoms. The average molecular weight is 415 g/mol. The Hall–Kier alpha value is -4.14. The lowest BCUT2D eigenvalue weighted by Gasteiger charge is -2.19. The molecule has 0 unspecified atom stereocenters. The Bertz CT molecular complexity index is 1490.